The summed E-state index contributed by atoms with van der Waals surface area (Å²) >= 11 is 0. The van der Waals surface area contributed by atoms with Crippen molar-refractivity contribution < 1.29 is 9.84 Å². The van der Waals surface area contributed by atoms with Gasteiger partial charge in [-0.1, -0.05) is 36.8 Å². The van der Waals surface area contributed by atoms with Crippen LogP contribution >= 0.6 is 0 Å². The van der Waals surface area contributed by atoms with E-state index in [4.69, 9.17) is 4.74 Å². The Kier molecular flexibility index (Phi) is 4.39. The zero-order chi connectivity index (χ0) is 13.8. The van der Waals surface area contributed by atoms with E-state index in [0.717, 1.165) is 12.5 Å². The van der Waals surface area contributed by atoms with E-state index in [1.807, 2.05) is 0 Å². The molecule has 2 N–H and O–H groups in total. The van der Waals surface area contributed by atoms with Crippen molar-refractivity contribution in [3.63, 3.8) is 0 Å². The lowest BCUT2D eigenvalue weighted by atomic mass is 9.86. The lowest BCUT2D eigenvalue weighted by molar-refractivity contribution is -0.135. The highest BCUT2D eigenvalue weighted by atomic mass is 16.5. The van der Waals surface area contributed by atoms with Crippen molar-refractivity contribution in [3.8, 4) is 0 Å². The molecule has 1 aliphatic heterocycles. The van der Waals surface area contributed by atoms with Gasteiger partial charge in [0, 0.05) is 12.6 Å². The predicted molar refractivity (Wildman–Crippen MR) is 79.6 cm³/mol. The smallest absolute Gasteiger partial charge is 0.0579 e. The van der Waals surface area contributed by atoms with E-state index in [1.165, 1.54) is 31.2 Å². The summed E-state index contributed by atoms with van der Waals surface area (Å²) in [7, 11) is 0. The van der Waals surface area contributed by atoms with E-state index < -0.39 is 0 Å². The summed E-state index contributed by atoms with van der Waals surface area (Å²) in [6.07, 6.45) is 5.06. The van der Waals surface area contributed by atoms with Crippen LogP contribution in [0.3, 0.4) is 0 Å². The number of aliphatic hydroxyl groups is 1. The zero-order valence-electron chi connectivity index (χ0n) is 12.1. The Morgan fingerprint density at radius 1 is 1.20 bits per heavy atom. The summed E-state index contributed by atoms with van der Waals surface area (Å²) < 4.78 is 5.27. The van der Waals surface area contributed by atoms with Crippen LogP contribution in [0.1, 0.15) is 24.8 Å². The van der Waals surface area contributed by atoms with Gasteiger partial charge >= 0.3 is 0 Å². The van der Waals surface area contributed by atoms with Crippen molar-refractivity contribution in [1.29, 1.82) is 0 Å². The highest BCUT2D eigenvalue weighted by molar-refractivity contribution is 5.16. The fourth-order valence-electron chi connectivity index (χ4n) is 3.45. The first kappa shape index (κ1) is 14.1. The summed E-state index contributed by atoms with van der Waals surface area (Å²) in [4.78, 5) is 0. The van der Waals surface area contributed by atoms with Gasteiger partial charge in [0.15, 0.2) is 0 Å². The molecular formula is C17H25NO2. The Morgan fingerprint density at radius 3 is 2.65 bits per heavy atom. The average Bonchev–Trinajstić information content (AvgIpc) is 2.87. The number of benzene rings is 1. The van der Waals surface area contributed by atoms with Crippen molar-refractivity contribution in [2.45, 2.75) is 31.7 Å². The van der Waals surface area contributed by atoms with Crippen LogP contribution in [0.15, 0.2) is 30.3 Å². The zero-order valence-corrected chi connectivity index (χ0v) is 12.1. The molecule has 2 aliphatic rings. The van der Waals surface area contributed by atoms with Crippen molar-refractivity contribution in [2.24, 2.45) is 11.3 Å². The highest BCUT2D eigenvalue weighted by Gasteiger charge is 2.39. The lowest BCUT2D eigenvalue weighted by Crippen LogP contribution is -2.54. The molecule has 0 amide bonds. The van der Waals surface area contributed by atoms with Crippen molar-refractivity contribution in [1.82, 2.24) is 5.32 Å². The van der Waals surface area contributed by atoms with E-state index in [1.54, 1.807) is 0 Å². The summed E-state index contributed by atoms with van der Waals surface area (Å²) in [5.41, 5.74) is 1.43. The Morgan fingerprint density at radius 2 is 2.00 bits per heavy atom. The predicted octanol–water partition coefficient (Wildman–Crippen LogP) is 2.00. The van der Waals surface area contributed by atoms with Crippen molar-refractivity contribution in [2.75, 3.05) is 26.4 Å². The second kappa shape index (κ2) is 6.25. The number of ether oxygens (including phenoxy) is 1. The summed E-state index contributed by atoms with van der Waals surface area (Å²) in [6, 6.07) is 11.4. The molecule has 3 rings (SSSR count). The topological polar surface area (TPSA) is 41.5 Å². The molecular weight excluding hydrogens is 250 g/mol. The van der Waals surface area contributed by atoms with E-state index >= 15 is 0 Å². The van der Waals surface area contributed by atoms with Gasteiger partial charge < -0.3 is 15.2 Å². The van der Waals surface area contributed by atoms with E-state index in [-0.39, 0.29) is 12.0 Å². The Balaban J connectivity index is 1.53. The molecule has 110 valence electrons. The molecule has 0 radical (unpaired) electrons. The molecule has 20 heavy (non-hydrogen) atoms. The minimum absolute atomic E-state index is 0.0140. The number of aliphatic hydroxyl groups excluding tert-OH is 1. The third-order valence-electron chi connectivity index (χ3n) is 4.89. The molecule has 1 aromatic carbocycles. The van der Waals surface area contributed by atoms with Crippen molar-refractivity contribution in [3.05, 3.63) is 35.9 Å². The minimum Gasteiger partial charge on any atom is -0.396 e. The molecule has 3 nitrogen and oxygen atoms in total. The fourth-order valence-corrected chi connectivity index (χ4v) is 3.45. The molecule has 1 saturated heterocycles. The van der Waals surface area contributed by atoms with Crippen LogP contribution in [-0.2, 0) is 11.2 Å². The molecule has 0 spiro atoms. The van der Waals surface area contributed by atoms with Gasteiger partial charge in [-0.3, -0.25) is 0 Å². The molecule has 2 fully saturated rings. The van der Waals surface area contributed by atoms with Crippen LogP contribution in [-0.4, -0.2) is 37.5 Å². The molecule has 2 atom stereocenters. The summed E-state index contributed by atoms with van der Waals surface area (Å²) in [6.45, 7) is 2.52. The van der Waals surface area contributed by atoms with Crippen LogP contribution < -0.4 is 5.32 Å². The molecule has 1 heterocycles. The van der Waals surface area contributed by atoms with Gasteiger partial charge in [-0.2, -0.15) is 0 Å². The van der Waals surface area contributed by atoms with E-state index in [0.29, 0.717) is 19.3 Å². The van der Waals surface area contributed by atoms with Crippen LogP contribution in [0.2, 0.25) is 0 Å². The first-order chi connectivity index (χ1) is 9.81. The third kappa shape index (κ3) is 3.05. The maximum absolute atomic E-state index is 9.49. The first-order valence-corrected chi connectivity index (χ1v) is 7.77. The Labute approximate surface area is 121 Å². The van der Waals surface area contributed by atoms with Crippen LogP contribution in [0.4, 0.5) is 0 Å². The number of hydrogen-bond donors (Lipinski definition) is 2. The van der Waals surface area contributed by atoms with Crippen LogP contribution in [0.5, 0.6) is 0 Å². The van der Waals surface area contributed by atoms with E-state index in [2.05, 4.69) is 35.6 Å². The third-order valence-corrected chi connectivity index (χ3v) is 4.89. The normalized spacial score (nSPS) is 28.2. The van der Waals surface area contributed by atoms with Gasteiger partial charge in [-0.05, 0) is 30.7 Å². The monoisotopic (exact) mass is 275 g/mol. The van der Waals surface area contributed by atoms with Crippen LogP contribution in [0, 0.1) is 11.3 Å². The molecule has 2 unspecified atom stereocenters. The second-order valence-corrected chi connectivity index (χ2v) is 6.52. The largest absolute Gasteiger partial charge is 0.396 e. The number of hydrogen-bond acceptors (Lipinski definition) is 3. The average molecular weight is 275 g/mol. The molecule has 0 aromatic heterocycles. The quantitative estimate of drug-likeness (QED) is 0.834. The van der Waals surface area contributed by atoms with Crippen molar-refractivity contribution >= 4 is 0 Å². The Hall–Kier alpha value is -0.900. The van der Waals surface area contributed by atoms with Gasteiger partial charge in [0.05, 0.1) is 25.2 Å². The summed E-state index contributed by atoms with van der Waals surface area (Å²) in [5, 5.41) is 13.2. The number of nitrogens with one attached hydrogen (secondary N) is 1. The van der Waals surface area contributed by atoms with Crippen LogP contribution in [0.25, 0.3) is 0 Å². The first-order valence-electron chi connectivity index (χ1n) is 7.77. The van der Waals surface area contributed by atoms with Gasteiger partial charge in [0.2, 0.25) is 0 Å². The SMILES string of the molecule is OCC1(CNC2CCCC2Cc2ccccc2)COC1. The maximum atomic E-state index is 9.49. The van der Waals surface area contributed by atoms with Gasteiger partial charge in [-0.15, -0.1) is 0 Å². The van der Waals surface area contributed by atoms with E-state index in [9.17, 15) is 5.11 Å². The maximum Gasteiger partial charge on any atom is 0.0579 e. The Bertz CT molecular complexity index is 411. The number of rotatable bonds is 6. The molecule has 1 aromatic rings. The standard InChI is InChI=1S/C17H25NO2/c19-11-17(12-20-13-17)10-18-16-8-4-7-15(16)9-14-5-2-1-3-6-14/h1-3,5-6,15-16,18-19H,4,7-13H2. The molecule has 3 heteroatoms. The van der Waals surface area contributed by atoms with Gasteiger partial charge in [0.25, 0.3) is 0 Å². The second-order valence-electron chi connectivity index (χ2n) is 6.52. The molecule has 0 bridgehead atoms. The highest BCUT2D eigenvalue weighted by Crippen LogP contribution is 2.31. The lowest BCUT2D eigenvalue weighted by Gasteiger charge is -2.41. The summed E-state index contributed by atoms with van der Waals surface area (Å²) in [5.74, 6) is 0.731. The van der Waals surface area contributed by atoms with Gasteiger partial charge in [0.1, 0.15) is 0 Å². The molecule has 1 saturated carbocycles. The minimum atomic E-state index is -0.0140. The van der Waals surface area contributed by atoms with Gasteiger partial charge in [-0.25, -0.2) is 0 Å². The fraction of sp³-hybridized carbons (Fsp3) is 0.647. The molecule has 1 aliphatic carbocycles.